The van der Waals surface area contributed by atoms with Crippen molar-refractivity contribution in [3.63, 3.8) is 0 Å². The summed E-state index contributed by atoms with van der Waals surface area (Å²) in [4.78, 5) is 52.2. The first-order chi connectivity index (χ1) is 10.9. The van der Waals surface area contributed by atoms with Crippen molar-refractivity contribution >= 4 is 23.9 Å². The van der Waals surface area contributed by atoms with Gasteiger partial charge in [0.2, 0.25) is 0 Å². The molecule has 0 radical (unpaired) electrons. The number of amides is 3. The molecule has 1 heterocycles. The number of alkyl carbamates (subject to hydrolysis) is 1. The summed E-state index contributed by atoms with van der Waals surface area (Å²) >= 11 is 0. The molecule has 1 atom stereocenters. The van der Waals surface area contributed by atoms with Gasteiger partial charge in [-0.1, -0.05) is 20.4 Å². The maximum atomic E-state index is 12.3. The lowest BCUT2D eigenvalue weighted by molar-refractivity contribution is -0.198. The maximum absolute atomic E-state index is 12.3. The molecule has 0 saturated carbocycles. The van der Waals surface area contributed by atoms with Gasteiger partial charge in [-0.15, -0.1) is 5.06 Å². The lowest BCUT2D eigenvalue weighted by atomic mass is 9.98. The molecule has 0 aliphatic carbocycles. The van der Waals surface area contributed by atoms with Crippen LogP contribution in [-0.4, -0.2) is 40.6 Å². The van der Waals surface area contributed by atoms with Crippen LogP contribution < -0.4 is 5.32 Å². The zero-order chi connectivity index (χ0) is 18.7. The molecule has 0 aromatic carbocycles. The second-order valence-corrected chi connectivity index (χ2v) is 6.80. The molecule has 1 aliphatic heterocycles. The van der Waals surface area contributed by atoms with Crippen LogP contribution in [-0.2, 0) is 24.0 Å². The number of hydrogen-bond acceptors (Lipinski definition) is 6. The first kappa shape index (κ1) is 19.7. The van der Waals surface area contributed by atoms with E-state index in [1.54, 1.807) is 34.6 Å². The summed E-state index contributed by atoms with van der Waals surface area (Å²) in [5.74, 6) is -2.32. The minimum atomic E-state index is -1.24. The predicted molar refractivity (Wildman–Crippen MR) is 84.3 cm³/mol. The summed E-state index contributed by atoms with van der Waals surface area (Å²) in [5, 5.41) is 2.80. The van der Waals surface area contributed by atoms with E-state index in [0.717, 1.165) is 0 Å². The van der Waals surface area contributed by atoms with Gasteiger partial charge in [-0.25, -0.2) is 9.59 Å². The number of imide groups is 1. The van der Waals surface area contributed by atoms with Gasteiger partial charge in [-0.3, -0.25) is 9.59 Å². The van der Waals surface area contributed by atoms with Crippen molar-refractivity contribution in [3.8, 4) is 0 Å². The van der Waals surface area contributed by atoms with Crippen LogP contribution in [0.25, 0.3) is 0 Å². The van der Waals surface area contributed by atoms with Gasteiger partial charge in [-0.05, 0) is 32.3 Å². The van der Waals surface area contributed by atoms with E-state index in [4.69, 9.17) is 9.57 Å². The van der Waals surface area contributed by atoms with E-state index in [1.165, 1.54) is 0 Å². The summed E-state index contributed by atoms with van der Waals surface area (Å²) in [7, 11) is 0. The highest BCUT2D eigenvalue weighted by molar-refractivity contribution is 6.02. The van der Waals surface area contributed by atoms with Crippen LogP contribution in [0.4, 0.5) is 4.79 Å². The van der Waals surface area contributed by atoms with E-state index in [2.05, 4.69) is 11.9 Å². The second kappa shape index (κ2) is 7.46. The Morgan fingerprint density at radius 3 is 2.08 bits per heavy atom. The molecule has 3 amide bonds. The van der Waals surface area contributed by atoms with Crippen molar-refractivity contribution in [2.24, 2.45) is 5.92 Å². The summed E-state index contributed by atoms with van der Waals surface area (Å²) in [6, 6.07) is -1.24. The third kappa shape index (κ3) is 5.36. The number of nitrogens with zero attached hydrogens (tertiary/aromatic N) is 1. The number of rotatable bonds is 5. The van der Waals surface area contributed by atoms with Crippen LogP contribution in [0.2, 0.25) is 0 Å². The standard InChI is InChI=1S/C16H24N2O6/c1-9(2)10(3)13(17-15(22)23-16(4,5)6)14(21)24-18-11(19)7-8-12(18)20/h9,13H,3,7-8H2,1-2,4-6H3,(H,17,22)/t13-/m0/s1. The first-order valence-electron chi connectivity index (χ1n) is 7.68. The Morgan fingerprint density at radius 1 is 1.17 bits per heavy atom. The van der Waals surface area contributed by atoms with Crippen molar-refractivity contribution in [1.82, 2.24) is 10.4 Å². The van der Waals surface area contributed by atoms with Gasteiger partial charge in [0.15, 0.2) is 6.04 Å². The summed E-state index contributed by atoms with van der Waals surface area (Å²) in [6.07, 6.45) is -0.853. The van der Waals surface area contributed by atoms with Crippen LogP contribution in [0, 0.1) is 5.92 Å². The van der Waals surface area contributed by atoms with Gasteiger partial charge in [0.1, 0.15) is 5.60 Å². The molecule has 1 fully saturated rings. The van der Waals surface area contributed by atoms with Gasteiger partial charge >= 0.3 is 12.1 Å². The van der Waals surface area contributed by atoms with E-state index in [9.17, 15) is 19.2 Å². The molecule has 0 spiro atoms. The van der Waals surface area contributed by atoms with Crippen molar-refractivity contribution in [3.05, 3.63) is 12.2 Å². The first-order valence-corrected chi connectivity index (χ1v) is 7.68. The molecule has 134 valence electrons. The summed E-state index contributed by atoms with van der Waals surface area (Å²) in [6.45, 7) is 12.4. The maximum Gasteiger partial charge on any atom is 0.408 e. The lowest BCUT2D eigenvalue weighted by Gasteiger charge is -2.25. The minimum Gasteiger partial charge on any atom is -0.444 e. The van der Waals surface area contributed by atoms with Gasteiger partial charge in [0.05, 0.1) is 0 Å². The van der Waals surface area contributed by atoms with Crippen LogP contribution in [0.5, 0.6) is 0 Å². The molecule has 0 aromatic heterocycles. The highest BCUT2D eigenvalue weighted by Crippen LogP contribution is 2.18. The SMILES string of the molecule is C=C(C(C)C)[C@H](NC(=O)OC(C)(C)C)C(=O)ON1C(=O)CCC1=O. The molecule has 0 bridgehead atoms. The third-order valence-corrected chi connectivity index (χ3v) is 3.20. The molecule has 8 heteroatoms. The number of hydrogen-bond donors (Lipinski definition) is 1. The Morgan fingerprint density at radius 2 is 1.67 bits per heavy atom. The summed E-state index contributed by atoms with van der Waals surface area (Å²) < 4.78 is 5.11. The van der Waals surface area contributed by atoms with Crippen LogP contribution in [0.3, 0.4) is 0 Å². The van der Waals surface area contributed by atoms with E-state index in [1.807, 2.05) is 0 Å². The Bertz CT molecular complexity index is 545. The molecular weight excluding hydrogens is 316 g/mol. The van der Waals surface area contributed by atoms with E-state index in [-0.39, 0.29) is 18.8 Å². The smallest absolute Gasteiger partial charge is 0.408 e. The third-order valence-electron chi connectivity index (χ3n) is 3.20. The fourth-order valence-corrected chi connectivity index (χ4v) is 1.86. The van der Waals surface area contributed by atoms with E-state index >= 15 is 0 Å². The number of carbonyl (C=O) groups is 4. The predicted octanol–water partition coefficient (Wildman–Crippen LogP) is 1.70. The van der Waals surface area contributed by atoms with Crippen molar-refractivity contribution in [2.45, 2.75) is 59.1 Å². The lowest BCUT2D eigenvalue weighted by Crippen LogP contribution is -2.48. The fourth-order valence-electron chi connectivity index (χ4n) is 1.86. The molecule has 1 aliphatic rings. The summed E-state index contributed by atoms with van der Waals surface area (Å²) in [5.41, 5.74) is -0.386. The molecule has 1 N–H and O–H groups in total. The van der Waals surface area contributed by atoms with Crippen LogP contribution in [0.1, 0.15) is 47.5 Å². The van der Waals surface area contributed by atoms with Crippen molar-refractivity contribution < 1.29 is 28.8 Å². The molecule has 1 saturated heterocycles. The topological polar surface area (TPSA) is 102 Å². The number of hydroxylamine groups is 2. The monoisotopic (exact) mass is 340 g/mol. The minimum absolute atomic E-state index is 0.0125. The highest BCUT2D eigenvalue weighted by Gasteiger charge is 2.37. The van der Waals surface area contributed by atoms with Gasteiger partial charge in [0, 0.05) is 12.8 Å². The molecular formula is C16H24N2O6. The van der Waals surface area contributed by atoms with E-state index in [0.29, 0.717) is 10.6 Å². The highest BCUT2D eigenvalue weighted by atomic mass is 16.7. The molecule has 0 unspecified atom stereocenters. The van der Waals surface area contributed by atoms with Crippen molar-refractivity contribution in [2.75, 3.05) is 0 Å². The molecule has 0 aromatic rings. The average Bonchev–Trinajstić information content (AvgIpc) is 2.73. The van der Waals surface area contributed by atoms with Gasteiger partial charge in [-0.2, -0.15) is 0 Å². The Labute approximate surface area is 141 Å². The number of nitrogens with one attached hydrogen (secondary N) is 1. The quantitative estimate of drug-likeness (QED) is 0.604. The van der Waals surface area contributed by atoms with Crippen molar-refractivity contribution in [1.29, 1.82) is 0 Å². The zero-order valence-electron chi connectivity index (χ0n) is 14.7. The second-order valence-electron chi connectivity index (χ2n) is 6.80. The van der Waals surface area contributed by atoms with Crippen LogP contribution in [0.15, 0.2) is 12.2 Å². The number of ether oxygens (including phenoxy) is 1. The molecule has 1 rings (SSSR count). The fraction of sp³-hybridized carbons (Fsp3) is 0.625. The largest absolute Gasteiger partial charge is 0.444 e. The Hall–Kier alpha value is -2.38. The normalized spacial score (nSPS) is 16.2. The molecule has 24 heavy (non-hydrogen) atoms. The van der Waals surface area contributed by atoms with Gasteiger partial charge in [0.25, 0.3) is 11.8 Å². The van der Waals surface area contributed by atoms with Crippen LogP contribution >= 0.6 is 0 Å². The Balaban J connectivity index is 2.87. The average molecular weight is 340 g/mol. The number of carbonyl (C=O) groups excluding carboxylic acids is 4. The van der Waals surface area contributed by atoms with E-state index < -0.39 is 35.5 Å². The molecule has 8 nitrogen and oxygen atoms in total. The zero-order valence-corrected chi connectivity index (χ0v) is 14.7. The van der Waals surface area contributed by atoms with Gasteiger partial charge < -0.3 is 14.9 Å². The Kier molecular flexibility index (Phi) is 6.11.